The van der Waals surface area contributed by atoms with Gasteiger partial charge < -0.3 is 0 Å². The number of carbonyl (C=O) groups is 2. The van der Waals surface area contributed by atoms with Crippen LogP contribution in [0, 0.1) is 0 Å². The van der Waals surface area contributed by atoms with Crippen molar-refractivity contribution >= 4 is 11.8 Å². The van der Waals surface area contributed by atoms with E-state index in [0.29, 0.717) is 0 Å². The van der Waals surface area contributed by atoms with Crippen LogP contribution in [0.2, 0.25) is 0 Å². The maximum absolute atomic E-state index is 10.5. The van der Waals surface area contributed by atoms with Crippen molar-refractivity contribution in [2.45, 2.75) is 65.2 Å². The number of rotatable bonds is 8. The van der Waals surface area contributed by atoms with Crippen molar-refractivity contribution < 1.29 is 9.59 Å². The molecule has 120 valence electrons. The van der Waals surface area contributed by atoms with Gasteiger partial charge in [0.2, 0.25) is 0 Å². The summed E-state index contributed by atoms with van der Waals surface area (Å²) in [6.45, 7) is 4.30. The molecule has 2 heterocycles. The first kappa shape index (κ1) is 18.1. The molecule has 0 aromatic heterocycles. The standard InChI is InChI=1S/2C8H12N2O/c2*1-2-3-4-5-7-6-8(11)10-9-7/h2*6H,2-5H2,1H3. The van der Waals surface area contributed by atoms with Gasteiger partial charge in [-0.2, -0.15) is 10.2 Å². The minimum absolute atomic E-state index is 0.212. The predicted octanol–water partition coefficient (Wildman–Crippen LogP) is 4.89. The average Bonchev–Trinajstić information content (AvgIpc) is 3.09. The van der Waals surface area contributed by atoms with Crippen LogP contribution in [-0.4, -0.2) is 11.8 Å². The Morgan fingerprint density at radius 1 is 0.682 bits per heavy atom. The second kappa shape index (κ2) is 10.7. The lowest BCUT2D eigenvalue weighted by Gasteiger charge is -1.93. The molecule has 0 bridgehead atoms. The zero-order valence-corrected chi connectivity index (χ0v) is 13.4. The first-order valence-corrected chi connectivity index (χ1v) is 7.98. The van der Waals surface area contributed by atoms with Crippen LogP contribution in [0.5, 0.6) is 0 Å². The van der Waals surface area contributed by atoms with Crippen LogP contribution in [-0.2, 0) is 9.59 Å². The third kappa shape index (κ3) is 7.71. The van der Waals surface area contributed by atoms with Gasteiger partial charge >= 0.3 is 0 Å². The number of carbonyl (C=O) groups excluding carboxylic acids is 2. The molecule has 0 aromatic carbocycles. The van der Waals surface area contributed by atoms with Gasteiger partial charge in [0, 0.05) is 12.2 Å². The third-order valence-corrected chi connectivity index (χ3v) is 3.21. The molecule has 0 radical (unpaired) electrons. The molecule has 0 spiro atoms. The second-order valence-corrected chi connectivity index (χ2v) is 5.26. The first-order chi connectivity index (χ1) is 10.7. The van der Waals surface area contributed by atoms with Crippen molar-refractivity contribution in [3.63, 3.8) is 0 Å². The number of hydrogen-bond acceptors (Lipinski definition) is 4. The molecule has 22 heavy (non-hydrogen) atoms. The summed E-state index contributed by atoms with van der Waals surface area (Å²) in [4.78, 5) is 21.1. The Hall–Kier alpha value is -1.98. The van der Waals surface area contributed by atoms with Gasteiger partial charge in [-0.3, -0.25) is 9.59 Å². The van der Waals surface area contributed by atoms with Gasteiger partial charge in [0.15, 0.2) is 0 Å². The molecule has 6 heteroatoms. The second-order valence-electron chi connectivity index (χ2n) is 5.26. The molecule has 0 saturated heterocycles. The average molecular weight is 304 g/mol. The van der Waals surface area contributed by atoms with Crippen LogP contribution < -0.4 is 0 Å². The monoisotopic (exact) mass is 304 g/mol. The summed E-state index contributed by atoms with van der Waals surface area (Å²) < 4.78 is 0. The quantitative estimate of drug-likeness (QED) is 0.598. The van der Waals surface area contributed by atoms with Gasteiger partial charge in [0.05, 0.1) is 11.4 Å². The van der Waals surface area contributed by atoms with Crippen molar-refractivity contribution in [2.24, 2.45) is 20.5 Å². The molecule has 2 amide bonds. The molecule has 2 aliphatic heterocycles. The summed E-state index contributed by atoms with van der Waals surface area (Å²) in [5.74, 6) is -0.423. The van der Waals surface area contributed by atoms with Crippen LogP contribution in [0.3, 0.4) is 0 Å². The lowest BCUT2D eigenvalue weighted by atomic mass is 10.1. The molecule has 0 N–H and O–H groups in total. The normalized spacial score (nSPS) is 15.7. The minimum Gasteiger partial charge on any atom is -0.266 e. The maximum atomic E-state index is 10.5. The van der Waals surface area contributed by atoms with Crippen molar-refractivity contribution in [1.82, 2.24) is 0 Å². The highest BCUT2D eigenvalue weighted by Gasteiger charge is 2.07. The van der Waals surface area contributed by atoms with Crippen LogP contribution in [0.4, 0.5) is 0 Å². The summed E-state index contributed by atoms with van der Waals surface area (Å²) in [5, 5.41) is 14.2. The highest BCUT2D eigenvalue weighted by Crippen LogP contribution is 2.15. The van der Waals surface area contributed by atoms with Crippen molar-refractivity contribution in [1.29, 1.82) is 0 Å². The van der Waals surface area contributed by atoms with E-state index in [0.717, 1.165) is 37.1 Å². The summed E-state index contributed by atoms with van der Waals surface area (Å²) in [7, 11) is 0. The Kier molecular flexibility index (Phi) is 8.79. The summed E-state index contributed by atoms with van der Waals surface area (Å²) in [6, 6.07) is 0. The van der Waals surface area contributed by atoms with E-state index in [2.05, 4.69) is 34.3 Å². The molecule has 0 fully saturated rings. The lowest BCUT2D eigenvalue weighted by Crippen LogP contribution is -1.80. The predicted molar refractivity (Wildman–Crippen MR) is 84.2 cm³/mol. The van der Waals surface area contributed by atoms with Crippen molar-refractivity contribution in [3.05, 3.63) is 23.5 Å². The van der Waals surface area contributed by atoms with Crippen LogP contribution in [0.15, 0.2) is 44.0 Å². The number of hydrogen-bond donors (Lipinski definition) is 0. The molecule has 6 nitrogen and oxygen atoms in total. The third-order valence-electron chi connectivity index (χ3n) is 3.21. The fourth-order valence-corrected chi connectivity index (χ4v) is 1.98. The highest BCUT2D eigenvalue weighted by molar-refractivity contribution is 5.90. The van der Waals surface area contributed by atoms with Crippen LogP contribution in [0.1, 0.15) is 65.2 Å². The number of azo groups is 2. The maximum Gasteiger partial charge on any atom is 0.290 e. The lowest BCUT2D eigenvalue weighted by molar-refractivity contribution is -0.114. The molecule has 0 aromatic rings. The zero-order chi connectivity index (χ0) is 16.2. The number of nitrogens with zero attached hydrogens (tertiary/aromatic N) is 4. The van der Waals surface area contributed by atoms with Crippen LogP contribution in [0.25, 0.3) is 0 Å². The first-order valence-electron chi connectivity index (χ1n) is 7.98. The number of unbranched alkanes of at least 4 members (excludes halogenated alkanes) is 4. The van der Waals surface area contributed by atoms with Crippen LogP contribution >= 0.6 is 0 Å². The molecular weight excluding hydrogens is 280 g/mol. The Bertz CT molecular complexity index is 458. The van der Waals surface area contributed by atoms with E-state index in [-0.39, 0.29) is 11.8 Å². The number of allylic oxidation sites excluding steroid dienone is 2. The Labute approximate surface area is 131 Å². The summed E-state index contributed by atoms with van der Waals surface area (Å²) in [5.41, 5.74) is 1.67. The molecular formula is C16H24N4O2. The van der Waals surface area contributed by atoms with Gasteiger partial charge in [0.25, 0.3) is 11.8 Å². The van der Waals surface area contributed by atoms with Crippen molar-refractivity contribution in [2.75, 3.05) is 0 Å². The van der Waals surface area contributed by atoms with Gasteiger partial charge in [-0.25, -0.2) is 0 Å². The SMILES string of the molecule is CCCCCC1=CC(=O)N=N1.CCCCCC1=CC(=O)N=N1. The van der Waals surface area contributed by atoms with Gasteiger partial charge in [-0.15, -0.1) is 10.2 Å². The van der Waals surface area contributed by atoms with Crippen molar-refractivity contribution in [3.8, 4) is 0 Å². The smallest absolute Gasteiger partial charge is 0.266 e. The highest BCUT2D eigenvalue weighted by atomic mass is 16.2. The summed E-state index contributed by atoms with van der Waals surface area (Å²) >= 11 is 0. The van der Waals surface area contributed by atoms with E-state index in [9.17, 15) is 9.59 Å². The Morgan fingerprint density at radius 2 is 1.09 bits per heavy atom. The fraction of sp³-hybridized carbons (Fsp3) is 0.625. The largest absolute Gasteiger partial charge is 0.290 e. The number of amides is 2. The molecule has 0 aliphatic carbocycles. The molecule has 2 rings (SSSR count). The van der Waals surface area contributed by atoms with Gasteiger partial charge in [-0.1, -0.05) is 39.5 Å². The van der Waals surface area contributed by atoms with E-state index in [1.165, 1.54) is 37.8 Å². The van der Waals surface area contributed by atoms with E-state index >= 15 is 0 Å². The van der Waals surface area contributed by atoms with Gasteiger partial charge in [0.1, 0.15) is 0 Å². The Balaban J connectivity index is 0.000000220. The van der Waals surface area contributed by atoms with E-state index < -0.39 is 0 Å². The summed E-state index contributed by atoms with van der Waals surface area (Å²) in [6.07, 6.45) is 11.8. The fourth-order valence-electron chi connectivity index (χ4n) is 1.98. The minimum atomic E-state index is -0.212. The van der Waals surface area contributed by atoms with E-state index in [1.54, 1.807) is 0 Å². The van der Waals surface area contributed by atoms with Gasteiger partial charge in [-0.05, 0) is 25.7 Å². The Morgan fingerprint density at radius 3 is 1.36 bits per heavy atom. The topological polar surface area (TPSA) is 83.6 Å². The molecule has 2 aliphatic rings. The molecule has 0 atom stereocenters. The van der Waals surface area contributed by atoms with E-state index in [4.69, 9.17) is 0 Å². The van der Waals surface area contributed by atoms with E-state index in [1.807, 2.05) is 0 Å². The molecule has 0 unspecified atom stereocenters. The zero-order valence-electron chi connectivity index (χ0n) is 13.4. The molecule has 0 saturated carbocycles.